The molecule has 0 saturated carbocycles. The van der Waals surface area contributed by atoms with E-state index < -0.39 is 0 Å². The number of aromatic nitrogens is 3. The summed E-state index contributed by atoms with van der Waals surface area (Å²) in [5, 5.41) is 7.89. The number of nitrogens with zero attached hydrogens (tertiary/aromatic N) is 2. The molecule has 148 valence electrons. The Labute approximate surface area is 169 Å². The van der Waals surface area contributed by atoms with Crippen LogP contribution >= 0.6 is 0 Å². The van der Waals surface area contributed by atoms with Crippen LogP contribution < -0.4 is 20.1 Å². The lowest BCUT2D eigenvalue weighted by Crippen LogP contribution is -2.07. The van der Waals surface area contributed by atoms with E-state index in [0.717, 1.165) is 30.0 Å². The van der Waals surface area contributed by atoms with Gasteiger partial charge in [-0.3, -0.25) is 0 Å². The van der Waals surface area contributed by atoms with Gasteiger partial charge in [0.25, 0.3) is 0 Å². The highest BCUT2D eigenvalue weighted by Crippen LogP contribution is 2.31. The van der Waals surface area contributed by atoms with Crippen LogP contribution in [0.5, 0.6) is 11.5 Å². The summed E-state index contributed by atoms with van der Waals surface area (Å²) in [4.78, 5) is 11.9. The van der Waals surface area contributed by atoms with Gasteiger partial charge in [-0.1, -0.05) is 18.2 Å². The zero-order valence-electron chi connectivity index (χ0n) is 16.4. The zero-order valence-corrected chi connectivity index (χ0v) is 16.4. The first-order valence-corrected chi connectivity index (χ1v) is 9.37. The molecule has 0 atom stereocenters. The van der Waals surface area contributed by atoms with Crippen LogP contribution in [0.2, 0.25) is 0 Å². The lowest BCUT2D eigenvalue weighted by Gasteiger charge is -2.11. The van der Waals surface area contributed by atoms with Gasteiger partial charge in [0.15, 0.2) is 11.5 Å². The summed E-state index contributed by atoms with van der Waals surface area (Å²) in [6.45, 7) is 0.772. The second-order valence-corrected chi connectivity index (χ2v) is 6.52. The average molecular weight is 389 g/mol. The van der Waals surface area contributed by atoms with Gasteiger partial charge in [0, 0.05) is 41.5 Å². The lowest BCUT2D eigenvalue weighted by atomic mass is 10.1. The Morgan fingerprint density at radius 3 is 2.62 bits per heavy atom. The standard InChI is InChI=1S/C22H23N5O2/c1-28-19-8-7-16(11-20(19)29-2)27-22-12-21(25-14-26-22)23-10-9-15-13-24-18-6-4-3-5-17(15)18/h3-8,11-14,24H,9-10H2,1-2H3,(H2,23,25,26,27). The summed E-state index contributed by atoms with van der Waals surface area (Å²) in [6.07, 6.45) is 4.50. The van der Waals surface area contributed by atoms with Crippen molar-refractivity contribution in [3.05, 3.63) is 66.6 Å². The molecule has 4 rings (SSSR count). The molecular formula is C22H23N5O2. The molecule has 0 spiro atoms. The maximum absolute atomic E-state index is 5.34. The molecule has 2 aromatic carbocycles. The number of hydrogen-bond acceptors (Lipinski definition) is 6. The van der Waals surface area contributed by atoms with Gasteiger partial charge >= 0.3 is 0 Å². The number of anilines is 3. The minimum atomic E-state index is 0.656. The van der Waals surface area contributed by atoms with Crippen molar-refractivity contribution in [3.63, 3.8) is 0 Å². The smallest absolute Gasteiger partial charge is 0.162 e. The fraction of sp³-hybridized carbons (Fsp3) is 0.182. The van der Waals surface area contributed by atoms with Crippen LogP contribution in [0.3, 0.4) is 0 Å². The molecule has 3 N–H and O–H groups in total. The topological polar surface area (TPSA) is 84.1 Å². The normalized spacial score (nSPS) is 10.7. The van der Waals surface area contributed by atoms with Crippen LogP contribution in [0, 0.1) is 0 Å². The number of fused-ring (bicyclic) bond motifs is 1. The summed E-state index contributed by atoms with van der Waals surface area (Å²) in [6, 6.07) is 15.8. The predicted molar refractivity (Wildman–Crippen MR) is 115 cm³/mol. The van der Waals surface area contributed by atoms with E-state index in [-0.39, 0.29) is 0 Å². The van der Waals surface area contributed by atoms with Crippen molar-refractivity contribution in [1.29, 1.82) is 0 Å². The molecule has 4 aromatic rings. The number of ether oxygens (including phenoxy) is 2. The molecule has 29 heavy (non-hydrogen) atoms. The molecule has 0 unspecified atom stereocenters. The highest BCUT2D eigenvalue weighted by molar-refractivity contribution is 5.83. The third-order valence-electron chi connectivity index (χ3n) is 4.70. The first kappa shape index (κ1) is 18.6. The van der Waals surface area contributed by atoms with Crippen LogP contribution in [-0.2, 0) is 6.42 Å². The van der Waals surface area contributed by atoms with Gasteiger partial charge in [0.1, 0.15) is 18.0 Å². The average Bonchev–Trinajstić information content (AvgIpc) is 3.17. The second kappa shape index (κ2) is 8.52. The second-order valence-electron chi connectivity index (χ2n) is 6.52. The van der Waals surface area contributed by atoms with Crippen LogP contribution in [-0.4, -0.2) is 35.7 Å². The number of hydrogen-bond donors (Lipinski definition) is 3. The Hall–Kier alpha value is -3.74. The third kappa shape index (κ3) is 4.24. The van der Waals surface area contributed by atoms with Crippen LogP contribution in [0.25, 0.3) is 10.9 Å². The molecule has 0 aliphatic rings. The number of benzene rings is 2. The Morgan fingerprint density at radius 1 is 0.931 bits per heavy atom. The molecule has 0 saturated heterocycles. The van der Waals surface area contributed by atoms with E-state index in [0.29, 0.717) is 17.3 Å². The Balaban J connectivity index is 1.40. The van der Waals surface area contributed by atoms with E-state index in [1.54, 1.807) is 14.2 Å². The Kier molecular flexibility index (Phi) is 5.47. The van der Waals surface area contributed by atoms with Gasteiger partial charge in [-0.25, -0.2) is 9.97 Å². The summed E-state index contributed by atoms with van der Waals surface area (Å²) in [5.74, 6) is 2.80. The first-order chi connectivity index (χ1) is 14.3. The van der Waals surface area contributed by atoms with Gasteiger partial charge in [0.05, 0.1) is 14.2 Å². The van der Waals surface area contributed by atoms with Crippen LogP contribution in [0.15, 0.2) is 61.1 Å². The number of nitrogens with one attached hydrogen (secondary N) is 3. The summed E-state index contributed by atoms with van der Waals surface area (Å²) in [7, 11) is 3.23. The molecule has 0 amide bonds. The molecule has 7 heteroatoms. The van der Waals surface area contributed by atoms with E-state index in [1.165, 1.54) is 17.3 Å². The number of para-hydroxylation sites is 1. The van der Waals surface area contributed by atoms with Gasteiger partial charge in [-0.05, 0) is 30.2 Å². The first-order valence-electron chi connectivity index (χ1n) is 9.37. The third-order valence-corrected chi connectivity index (χ3v) is 4.70. The maximum atomic E-state index is 5.34. The van der Waals surface area contributed by atoms with Crippen molar-refractivity contribution in [2.24, 2.45) is 0 Å². The summed E-state index contributed by atoms with van der Waals surface area (Å²) < 4.78 is 10.6. The summed E-state index contributed by atoms with van der Waals surface area (Å²) in [5.41, 5.74) is 3.29. The highest BCUT2D eigenvalue weighted by atomic mass is 16.5. The van der Waals surface area contributed by atoms with E-state index >= 15 is 0 Å². The monoisotopic (exact) mass is 389 g/mol. The molecule has 0 bridgehead atoms. The molecule has 2 heterocycles. The van der Waals surface area contributed by atoms with E-state index in [4.69, 9.17) is 9.47 Å². The molecule has 0 radical (unpaired) electrons. The predicted octanol–water partition coefficient (Wildman–Crippen LogP) is 4.37. The van der Waals surface area contributed by atoms with Crippen molar-refractivity contribution in [2.75, 3.05) is 31.4 Å². The van der Waals surface area contributed by atoms with Crippen LogP contribution in [0.4, 0.5) is 17.3 Å². The Bertz CT molecular complexity index is 1110. The fourth-order valence-corrected chi connectivity index (χ4v) is 3.25. The van der Waals surface area contributed by atoms with Crippen molar-refractivity contribution in [1.82, 2.24) is 15.0 Å². The van der Waals surface area contributed by atoms with Crippen molar-refractivity contribution >= 4 is 28.2 Å². The van der Waals surface area contributed by atoms with Crippen molar-refractivity contribution in [2.45, 2.75) is 6.42 Å². The van der Waals surface area contributed by atoms with Gasteiger partial charge in [-0.2, -0.15) is 0 Å². The van der Waals surface area contributed by atoms with Crippen molar-refractivity contribution in [3.8, 4) is 11.5 Å². The summed E-state index contributed by atoms with van der Waals surface area (Å²) >= 11 is 0. The van der Waals surface area contributed by atoms with E-state index in [1.807, 2.05) is 30.3 Å². The van der Waals surface area contributed by atoms with Gasteiger partial charge in [0.2, 0.25) is 0 Å². The minimum absolute atomic E-state index is 0.656. The number of rotatable bonds is 8. The zero-order chi connectivity index (χ0) is 20.1. The lowest BCUT2D eigenvalue weighted by molar-refractivity contribution is 0.355. The van der Waals surface area contributed by atoms with Gasteiger partial charge in [-0.15, -0.1) is 0 Å². The molecule has 0 aliphatic carbocycles. The molecule has 7 nitrogen and oxygen atoms in total. The Morgan fingerprint density at radius 2 is 1.76 bits per heavy atom. The molecule has 0 aliphatic heterocycles. The van der Waals surface area contributed by atoms with E-state index in [9.17, 15) is 0 Å². The van der Waals surface area contributed by atoms with Gasteiger partial charge < -0.3 is 25.1 Å². The number of aromatic amines is 1. The molecular weight excluding hydrogens is 366 g/mol. The number of H-pyrrole nitrogens is 1. The van der Waals surface area contributed by atoms with Crippen molar-refractivity contribution < 1.29 is 9.47 Å². The largest absolute Gasteiger partial charge is 0.493 e. The fourth-order valence-electron chi connectivity index (χ4n) is 3.25. The number of methoxy groups -OCH3 is 2. The quantitative estimate of drug-likeness (QED) is 0.415. The molecule has 0 fully saturated rings. The maximum Gasteiger partial charge on any atom is 0.162 e. The molecule has 2 aromatic heterocycles. The van der Waals surface area contributed by atoms with E-state index in [2.05, 4.69) is 50.0 Å². The highest BCUT2D eigenvalue weighted by Gasteiger charge is 2.07. The van der Waals surface area contributed by atoms with Crippen LogP contribution in [0.1, 0.15) is 5.56 Å². The SMILES string of the molecule is COc1ccc(Nc2cc(NCCc3c[nH]c4ccccc34)ncn2)cc1OC. The minimum Gasteiger partial charge on any atom is -0.493 e.